The summed E-state index contributed by atoms with van der Waals surface area (Å²) in [5.41, 5.74) is 3.89. The maximum atomic E-state index is 6.30. The van der Waals surface area contributed by atoms with Gasteiger partial charge in [0.1, 0.15) is 0 Å². The molecule has 0 aliphatic carbocycles. The van der Waals surface area contributed by atoms with Crippen molar-refractivity contribution in [2.75, 3.05) is 6.54 Å². The van der Waals surface area contributed by atoms with Crippen molar-refractivity contribution in [1.82, 2.24) is 5.32 Å². The molecule has 0 spiro atoms. The third kappa shape index (κ3) is 3.84. The first kappa shape index (κ1) is 15.1. The van der Waals surface area contributed by atoms with Crippen molar-refractivity contribution < 1.29 is 0 Å². The zero-order valence-electron chi connectivity index (χ0n) is 12.2. The second-order valence-electron chi connectivity index (χ2n) is 5.16. The Morgan fingerprint density at radius 1 is 1.05 bits per heavy atom. The summed E-state index contributed by atoms with van der Waals surface area (Å²) in [6.45, 7) is 5.38. The molecule has 0 aliphatic rings. The van der Waals surface area contributed by atoms with E-state index in [1.807, 2.05) is 12.1 Å². The van der Waals surface area contributed by atoms with Crippen LogP contribution in [0.5, 0.6) is 0 Å². The number of aryl methyl sites for hydroxylation is 1. The third-order valence-corrected chi connectivity index (χ3v) is 3.96. The van der Waals surface area contributed by atoms with E-state index in [-0.39, 0.29) is 0 Å². The summed E-state index contributed by atoms with van der Waals surface area (Å²) >= 11 is 6.30. The maximum Gasteiger partial charge on any atom is 0.0438 e. The molecule has 2 heteroatoms. The molecule has 1 nitrogen and oxygen atoms in total. The summed E-state index contributed by atoms with van der Waals surface area (Å²) in [5, 5.41) is 4.49. The van der Waals surface area contributed by atoms with Crippen molar-refractivity contribution in [2.24, 2.45) is 0 Å². The van der Waals surface area contributed by atoms with Gasteiger partial charge in [0.05, 0.1) is 0 Å². The van der Waals surface area contributed by atoms with Crippen LogP contribution in [0.1, 0.15) is 36.1 Å². The Morgan fingerprint density at radius 3 is 2.45 bits per heavy atom. The Morgan fingerprint density at radius 2 is 1.75 bits per heavy atom. The minimum atomic E-state index is 0.316. The van der Waals surface area contributed by atoms with E-state index in [2.05, 4.69) is 55.6 Å². The fraction of sp³-hybridized carbons (Fsp3) is 0.333. The minimum absolute atomic E-state index is 0.316. The van der Waals surface area contributed by atoms with Gasteiger partial charge in [-0.05, 0) is 49.1 Å². The topological polar surface area (TPSA) is 12.0 Å². The van der Waals surface area contributed by atoms with Gasteiger partial charge in [-0.25, -0.2) is 0 Å². The molecule has 0 aromatic heterocycles. The SMILES string of the molecule is CCCNC(Cc1ccccc1Cl)c1ccccc1C. The molecule has 0 aliphatic heterocycles. The van der Waals surface area contributed by atoms with Gasteiger partial charge in [0.15, 0.2) is 0 Å². The maximum absolute atomic E-state index is 6.30. The van der Waals surface area contributed by atoms with Crippen molar-refractivity contribution in [1.29, 1.82) is 0 Å². The zero-order valence-corrected chi connectivity index (χ0v) is 13.0. The average molecular weight is 288 g/mol. The van der Waals surface area contributed by atoms with Gasteiger partial charge in [-0.1, -0.05) is 61.0 Å². The molecule has 2 aromatic rings. The van der Waals surface area contributed by atoms with E-state index in [0.29, 0.717) is 6.04 Å². The summed E-state index contributed by atoms with van der Waals surface area (Å²) in [7, 11) is 0. The Bertz CT molecular complexity index is 551. The van der Waals surface area contributed by atoms with E-state index in [0.717, 1.165) is 24.4 Å². The largest absolute Gasteiger partial charge is 0.310 e. The van der Waals surface area contributed by atoms with E-state index in [4.69, 9.17) is 11.6 Å². The number of benzene rings is 2. The molecule has 1 N–H and O–H groups in total. The number of hydrogen-bond acceptors (Lipinski definition) is 1. The van der Waals surface area contributed by atoms with Gasteiger partial charge < -0.3 is 5.32 Å². The van der Waals surface area contributed by atoms with Crippen LogP contribution >= 0.6 is 11.6 Å². The fourth-order valence-corrected chi connectivity index (χ4v) is 2.69. The van der Waals surface area contributed by atoms with Gasteiger partial charge in [-0.15, -0.1) is 0 Å². The van der Waals surface area contributed by atoms with Crippen molar-refractivity contribution in [3.05, 3.63) is 70.2 Å². The highest BCUT2D eigenvalue weighted by atomic mass is 35.5. The van der Waals surface area contributed by atoms with Crippen LogP contribution in [-0.2, 0) is 6.42 Å². The van der Waals surface area contributed by atoms with Crippen LogP contribution in [0.25, 0.3) is 0 Å². The predicted octanol–water partition coefficient (Wildman–Crippen LogP) is 4.93. The smallest absolute Gasteiger partial charge is 0.0438 e. The van der Waals surface area contributed by atoms with Gasteiger partial charge in [-0.2, -0.15) is 0 Å². The molecule has 0 radical (unpaired) electrons. The Labute approximate surface area is 127 Å². The van der Waals surface area contributed by atoms with Crippen LogP contribution in [0, 0.1) is 6.92 Å². The summed E-state index contributed by atoms with van der Waals surface area (Å²) in [6.07, 6.45) is 2.05. The van der Waals surface area contributed by atoms with Crippen molar-refractivity contribution >= 4 is 11.6 Å². The van der Waals surface area contributed by atoms with Crippen LogP contribution in [-0.4, -0.2) is 6.54 Å². The number of halogens is 1. The van der Waals surface area contributed by atoms with Crippen LogP contribution < -0.4 is 5.32 Å². The van der Waals surface area contributed by atoms with E-state index in [9.17, 15) is 0 Å². The quantitative estimate of drug-likeness (QED) is 0.794. The molecule has 1 unspecified atom stereocenters. The van der Waals surface area contributed by atoms with E-state index >= 15 is 0 Å². The zero-order chi connectivity index (χ0) is 14.4. The first-order chi connectivity index (χ1) is 9.72. The molecule has 0 bridgehead atoms. The van der Waals surface area contributed by atoms with Crippen molar-refractivity contribution in [2.45, 2.75) is 32.7 Å². The second-order valence-corrected chi connectivity index (χ2v) is 5.57. The summed E-state index contributed by atoms with van der Waals surface area (Å²) in [5.74, 6) is 0. The first-order valence-electron chi connectivity index (χ1n) is 7.24. The number of rotatable bonds is 6. The molecule has 1 atom stereocenters. The van der Waals surface area contributed by atoms with Crippen LogP contribution in [0.2, 0.25) is 5.02 Å². The summed E-state index contributed by atoms with van der Waals surface area (Å²) in [6, 6.07) is 17.0. The van der Waals surface area contributed by atoms with Gasteiger partial charge in [0, 0.05) is 11.1 Å². The van der Waals surface area contributed by atoms with E-state index in [1.54, 1.807) is 0 Å². The molecule has 0 saturated carbocycles. The van der Waals surface area contributed by atoms with Crippen molar-refractivity contribution in [3.63, 3.8) is 0 Å². The summed E-state index contributed by atoms with van der Waals surface area (Å²) < 4.78 is 0. The van der Waals surface area contributed by atoms with Crippen LogP contribution in [0.4, 0.5) is 0 Å². The lowest BCUT2D eigenvalue weighted by Gasteiger charge is -2.21. The van der Waals surface area contributed by atoms with Crippen molar-refractivity contribution in [3.8, 4) is 0 Å². The van der Waals surface area contributed by atoms with Crippen LogP contribution in [0.15, 0.2) is 48.5 Å². The van der Waals surface area contributed by atoms with Crippen LogP contribution in [0.3, 0.4) is 0 Å². The molecule has 2 aromatic carbocycles. The average Bonchev–Trinajstić information content (AvgIpc) is 2.46. The molecule has 0 amide bonds. The minimum Gasteiger partial charge on any atom is -0.310 e. The van der Waals surface area contributed by atoms with Gasteiger partial charge in [0.2, 0.25) is 0 Å². The Hall–Kier alpha value is -1.31. The molecule has 0 heterocycles. The Kier molecular flexibility index (Phi) is 5.63. The fourth-order valence-electron chi connectivity index (χ4n) is 2.47. The number of nitrogens with one attached hydrogen (secondary N) is 1. The van der Waals surface area contributed by atoms with Gasteiger partial charge in [-0.3, -0.25) is 0 Å². The first-order valence-corrected chi connectivity index (χ1v) is 7.62. The third-order valence-electron chi connectivity index (χ3n) is 3.59. The number of hydrogen-bond donors (Lipinski definition) is 1. The molecule has 0 saturated heterocycles. The molecule has 106 valence electrons. The van der Waals surface area contributed by atoms with E-state index < -0.39 is 0 Å². The molecular formula is C18H22ClN. The monoisotopic (exact) mass is 287 g/mol. The standard InChI is InChI=1S/C18H22ClN/c1-3-12-20-18(16-10-6-4-8-14(16)2)13-15-9-5-7-11-17(15)19/h4-11,18,20H,3,12-13H2,1-2H3. The second kappa shape index (κ2) is 7.47. The molecule has 2 rings (SSSR count). The lowest BCUT2D eigenvalue weighted by Crippen LogP contribution is -2.24. The lowest BCUT2D eigenvalue weighted by atomic mass is 9.95. The molecule has 0 fully saturated rings. The molecular weight excluding hydrogens is 266 g/mol. The Balaban J connectivity index is 2.24. The highest BCUT2D eigenvalue weighted by Gasteiger charge is 2.14. The van der Waals surface area contributed by atoms with E-state index in [1.165, 1.54) is 16.7 Å². The summed E-state index contributed by atoms with van der Waals surface area (Å²) in [4.78, 5) is 0. The lowest BCUT2D eigenvalue weighted by molar-refractivity contribution is 0.527. The normalized spacial score (nSPS) is 12.3. The highest BCUT2D eigenvalue weighted by Crippen LogP contribution is 2.25. The molecule has 20 heavy (non-hydrogen) atoms. The van der Waals surface area contributed by atoms with Gasteiger partial charge >= 0.3 is 0 Å². The predicted molar refractivity (Wildman–Crippen MR) is 87.4 cm³/mol. The highest BCUT2D eigenvalue weighted by molar-refractivity contribution is 6.31. The van der Waals surface area contributed by atoms with Gasteiger partial charge in [0.25, 0.3) is 0 Å².